The van der Waals surface area contributed by atoms with Crippen LogP contribution < -0.4 is 11.1 Å². The summed E-state index contributed by atoms with van der Waals surface area (Å²) < 4.78 is 14.2. The Kier molecular flexibility index (Phi) is 4.92. The van der Waals surface area contributed by atoms with E-state index in [0.29, 0.717) is 22.5 Å². The first-order chi connectivity index (χ1) is 13.9. The van der Waals surface area contributed by atoms with Crippen molar-refractivity contribution in [1.29, 1.82) is 0 Å². The van der Waals surface area contributed by atoms with E-state index in [9.17, 15) is 9.18 Å². The molecule has 1 aliphatic carbocycles. The Morgan fingerprint density at radius 2 is 1.97 bits per heavy atom. The van der Waals surface area contributed by atoms with Crippen molar-refractivity contribution in [2.45, 2.75) is 25.3 Å². The van der Waals surface area contributed by atoms with Crippen LogP contribution in [0.2, 0.25) is 5.02 Å². The van der Waals surface area contributed by atoms with Gasteiger partial charge in [-0.25, -0.2) is 14.4 Å². The first-order valence-electron chi connectivity index (χ1n) is 9.19. The van der Waals surface area contributed by atoms with Gasteiger partial charge < -0.3 is 11.1 Å². The van der Waals surface area contributed by atoms with Gasteiger partial charge >= 0.3 is 0 Å². The molecule has 3 aromatic rings. The number of hydrogen-bond donors (Lipinski definition) is 2. The first-order valence-corrected chi connectivity index (χ1v) is 9.57. The Balaban J connectivity index is 1.62. The fourth-order valence-electron chi connectivity index (χ4n) is 3.87. The van der Waals surface area contributed by atoms with Crippen LogP contribution in [0.4, 0.5) is 10.3 Å². The number of pyridine rings is 1. The second-order valence-electron chi connectivity index (χ2n) is 7.41. The highest BCUT2D eigenvalue weighted by molar-refractivity contribution is 6.31. The summed E-state index contributed by atoms with van der Waals surface area (Å²) in [5, 5.41) is 3.96. The molecule has 1 saturated carbocycles. The summed E-state index contributed by atoms with van der Waals surface area (Å²) in [5.74, 6) is -0.193. The number of halogens is 2. The molecule has 0 saturated heterocycles. The number of carbonyl (C=O) groups is 1. The van der Waals surface area contributed by atoms with Crippen LogP contribution in [0, 0.1) is 11.7 Å². The summed E-state index contributed by atoms with van der Waals surface area (Å²) in [6.45, 7) is 2.16. The predicted octanol–water partition coefficient (Wildman–Crippen LogP) is 4.17. The average Bonchev–Trinajstić information content (AvgIpc) is 2.68. The van der Waals surface area contributed by atoms with Crippen molar-refractivity contribution < 1.29 is 9.18 Å². The number of benzene rings is 1. The number of primary amides is 1. The lowest BCUT2D eigenvalue weighted by atomic mass is 9.67. The van der Waals surface area contributed by atoms with Crippen LogP contribution in [0.3, 0.4) is 0 Å². The second kappa shape index (κ2) is 7.40. The smallest absolute Gasteiger partial charge is 0.248 e. The molecule has 29 heavy (non-hydrogen) atoms. The van der Waals surface area contributed by atoms with Crippen LogP contribution in [0.1, 0.15) is 35.8 Å². The lowest BCUT2D eigenvalue weighted by Gasteiger charge is -2.46. The van der Waals surface area contributed by atoms with Gasteiger partial charge in [0.25, 0.3) is 0 Å². The Morgan fingerprint density at radius 1 is 1.24 bits per heavy atom. The van der Waals surface area contributed by atoms with Gasteiger partial charge in [0.05, 0.1) is 16.3 Å². The lowest BCUT2D eigenvalue weighted by molar-refractivity contribution is 0.100. The van der Waals surface area contributed by atoms with Crippen molar-refractivity contribution in [3.8, 4) is 11.1 Å². The summed E-state index contributed by atoms with van der Waals surface area (Å²) in [6.07, 6.45) is 6.43. The molecule has 0 aliphatic heterocycles. The molecule has 3 N–H and O–H groups in total. The van der Waals surface area contributed by atoms with Gasteiger partial charge in [0.1, 0.15) is 5.82 Å². The van der Waals surface area contributed by atoms with Gasteiger partial charge in [-0.15, -0.1) is 0 Å². The largest absolute Gasteiger partial charge is 0.366 e. The molecule has 0 atom stereocenters. The maximum Gasteiger partial charge on any atom is 0.248 e. The van der Waals surface area contributed by atoms with Gasteiger partial charge in [-0.2, -0.15) is 0 Å². The number of nitrogens with two attached hydrogens (primary N) is 1. The number of anilines is 1. The third kappa shape index (κ3) is 3.65. The quantitative estimate of drug-likeness (QED) is 0.657. The van der Waals surface area contributed by atoms with E-state index in [0.717, 1.165) is 18.5 Å². The Bertz CT molecular complexity index is 1070. The van der Waals surface area contributed by atoms with E-state index in [2.05, 4.69) is 27.2 Å². The number of hydrogen-bond acceptors (Lipinski definition) is 5. The number of amides is 1. The van der Waals surface area contributed by atoms with Crippen molar-refractivity contribution in [2.75, 3.05) is 5.32 Å². The lowest BCUT2D eigenvalue weighted by Crippen LogP contribution is -2.48. The van der Waals surface area contributed by atoms with Gasteiger partial charge in [0.2, 0.25) is 11.9 Å². The molecule has 1 aromatic carbocycles. The van der Waals surface area contributed by atoms with Crippen molar-refractivity contribution in [1.82, 2.24) is 15.0 Å². The molecule has 2 heterocycles. The van der Waals surface area contributed by atoms with E-state index in [1.807, 2.05) is 6.07 Å². The molecule has 0 bridgehead atoms. The fourth-order valence-corrected chi connectivity index (χ4v) is 4.17. The normalized spacial score (nSPS) is 20.7. The van der Waals surface area contributed by atoms with Crippen LogP contribution in [0.15, 0.2) is 48.9 Å². The zero-order chi connectivity index (χ0) is 20.6. The minimum Gasteiger partial charge on any atom is -0.366 e. The number of carbonyl (C=O) groups excluding carboxylic acids is 1. The van der Waals surface area contributed by atoms with Gasteiger partial charge in [-0.3, -0.25) is 9.78 Å². The van der Waals surface area contributed by atoms with E-state index >= 15 is 0 Å². The van der Waals surface area contributed by atoms with E-state index in [1.54, 1.807) is 12.3 Å². The van der Waals surface area contributed by atoms with Crippen LogP contribution in [0.25, 0.3) is 11.1 Å². The second-order valence-corrected chi connectivity index (χ2v) is 7.82. The van der Waals surface area contributed by atoms with E-state index in [4.69, 9.17) is 17.3 Å². The third-order valence-electron chi connectivity index (χ3n) is 5.17. The topological polar surface area (TPSA) is 93.8 Å². The fraction of sp³-hybridized carbons (Fsp3) is 0.238. The third-order valence-corrected chi connectivity index (χ3v) is 5.48. The van der Waals surface area contributed by atoms with Gasteiger partial charge in [-0.05, 0) is 49.1 Å². The Morgan fingerprint density at radius 3 is 2.59 bits per heavy atom. The maximum absolute atomic E-state index is 14.2. The molecule has 1 amide bonds. The monoisotopic (exact) mass is 411 g/mol. The number of nitrogens with zero attached hydrogens (tertiary/aromatic N) is 3. The molecule has 8 heteroatoms. The molecule has 4 rings (SSSR count). The highest BCUT2D eigenvalue weighted by Crippen LogP contribution is 2.48. The van der Waals surface area contributed by atoms with Gasteiger partial charge in [0.15, 0.2) is 0 Å². The summed E-state index contributed by atoms with van der Waals surface area (Å²) in [4.78, 5) is 24.5. The van der Waals surface area contributed by atoms with Gasteiger partial charge in [0, 0.05) is 35.3 Å². The van der Waals surface area contributed by atoms with E-state index < -0.39 is 17.3 Å². The molecular formula is C21H19ClFN5O. The summed E-state index contributed by atoms with van der Waals surface area (Å²) in [5.41, 5.74) is 6.50. The average molecular weight is 412 g/mol. The molecule has 0 spiro atoms. The van der Waals surface area contributed by atoms with Crippen LogP contribution in [-0.4, -0.2) is 20.9 Å². The highest BCUT2D eigenvalue weighted by Gasteiger charge is 2.46. The van der Waals surface area contributed by atoms with E-state index in [1.165, 1.54) is 30.6 Å². The van der Waals surface area contributed by atoms with Crippen LogP contribution in [0.5, 0.6) is 0 Å². The predicted molar refractivity (Wildman–Crippen MR) is 109 cm³/mol. The SMILES string of the molecule is CC1CC(Nc2ncc(-c3cc(C(N)=O)ccc3F)cn2)(c2ncccc2Cl)C1. The zero-order valence-electron chi connectivity index (χ0n) is 15.7. The van der Waals surface area contributed by atoms with E-state index in [-0.39, 0.29) is 11.1 Å². The molecule has 0 radical (unpaired) electrons. The maximum atomic E-state index is 14.2. The molecule has 1 fully saturated rings. The molecular weight excluding hydrogens is 393 g/mol. The number of nitrogens with one attached hydrogen (secondary N) is 1. The zero-order valence-corrected chi connectivity index (χ0v) is 16.4. The Hall–Kier alpha value is -3.06. The number of aromatic nitrogens is 3. The summed E-state index contributed by atoms with van der Waals surface area (Å²) in [6, 6.07) is 7.55. The van der Waals surface area contributed by atoms with Gasteiger partial charge in [-0.1, -0.05) is 18.5 Å². The van der Waals surface area contributed by atoms with Crippen LogP contribution >= 0.6 is 11.6 Å². The van der Waals surface area contributed by atoms with Crippen molar-refractivity contribution in [2.24, 2.45) is 11.7 Å². The van der Waals surface area contributed by atoms with Crippen molar-refractivity contribution >= 4 is 23.5 Å². The molecule has 6 nitrogen and oxygen atoms in total. The minimum absolute atomic E-state index is 0.215. The molecule has 2 aromatic heterocycles. The van der Waals surface area contributed by atoms with Crippen LogP contribution in [-0.2, 0) is 5.54 Å². The molecule has 0 unspecified atom stereocenters. The Labute approximate surface area is 172 Å². The first kappa shape index (κ1) is 19.3. The summed E-state index contributed by atoms with van der Waals surface area (Å²) in [7, 11) is 0. The number of rotatable bonds is 5. The molecule has 1 aliphatic rings. The minimum atomic E-state index is -0.626. The molecule has 148 valence electrons. The summed E-state index contributed by atoms with van der Waals surface area (Å²) >= 11 is 6.38. The van der Waals surface area contributed by atoms with Crippen molar-refractivity contribution in [3.63, 3.8) is 0 Å². The standard InChI is InChI=1S/C21H19ClFN5O/c1-12-8-21(9-12,18-16(22)3-2-6-25-18)28-20-26-10-14(11-27-20)15-7-13(19(24)29)4-5-17(15)23/h2-7,10-12H,8-9H2,1H3,(H2,24,29)(H,26,27,28). The highest BCUT2D eigenvalue weighted by atomic mass is 35.5. The van der Waals surface area contributed by atoms with Crippen molar-refractivity contribution in [3.05, 3.63) is 71.0 Å².